The second-order valence-corrected chi connectivity index (χ2v) is 3.20. The highest BCUT2D eigenvalue weighted by atomic mass is 32.2. The Balaban J connectivity index is 2.31. The zero-order valence-electron chi connectivity index (χ0n) is 5.55. The molecule has 0 unspecified atom stereocenters. The quantitative estimate of drug-likeness (QED) is 0.531. The highest BCUT2D eigenvalue weighted by molar-refractivity contribution is 8.13. The Bertz CT molecular complexity index is 271. The summed E-state index contributed by atoms with van der Waals surface area (Å²) in [5.74, 6) is 0.168. The second kappa shape index (κ2) is 2.27. The van der Waals surface area contributed by atoms with Crippen molar-refractivity contribution < 1.29 is 14.3 Å². The third-order valence-electron chi connectivity index (χ3n) is 1.54. The maximum atomic E-state index is 10.9. The van der Waals surface area contributed by atoms with E-state index < -0.39 is 5.97 Å². The first-order valence-corrected chi connectivity index (χ1v) is 4.09. The number of esters is 1. The van der Waals surface area contributed by atoms with Crippen LogP contribution in [0.15, 0.2) is 11.3 Å². The van der Waals surface area contributed by atoms with Crippen molar-refractivity contribution in [3.63, 3.8) is 0 Å². The van der Waals surface area contributed by atoms with Crippen LogP contribution in [0.4, 0.5) is 4.79 Å². The maximum Gasteiger partial charge on any atom is 0.355 e. The highest BCUT2D eigenvalue weighted by Gasteiger charge is 2.30. The summed E-state index contributed by atoms with van der Waals surface area (Å²) in [5, 5.41) is 2.28. The molecule has 0 saturated carbocycles. The van der Waals surface area contributed by atoms with Gasteiger partial charge in [-0.05, 0) is 0 Å². The Morgan fingerprint density at radius 3 is 3.09 bits per heavy atom. The topological polar surface area (TPSA) is 55.4 Å². The molecule has 0 fully saturated rings. The van der Waals surface area contributed by atoms with Gasteiger partial charge in [0.05, 0.1) is 0 Å². The van der Waals surface area contributed by atoms with Crippen molar-refractivity contribution in [1.82, 2.24) is 5.32 Å². The lowest BCUT2D eigenvalue weighted by atomic mass is 10.3. The van der Waals surface area contributed by atoms with Gasteiger partial charge in [-0.25, -0.2) is 4.79 Å². The first kappa shape index (κ1) is 6.72. The molecule has 58 valence electrons. The zero-order valence-corrected chi connectivity index (χ0v) is 6.36. The van der Waals surface area contributed by atoms with E-state index in [1.54, 1.807) is 0 Å². The van der Waals surface area contributed by atoms with Crippen LogP contribution in [0, 0.1) is 0 Å². The van der Waals surface area contributed by atoms with E-state index in [4.69, 9.17) is 4.74 Å². The molecule has 1 N–H and O–H groups in total. The largest absolute Gasteiger partial charge is 0.456 e. The first-order chi connectivity index (χ1) is 5.27. The number of ether oxygens (including phenoxy) is 1. The van der Waals surface area contributed by atoms with Crippen LogP contribution >= 0.6 is 11.8 Å². The number of thioether (sulfide) groups is 1. The predicted molar refractivity (Wildman–Crippen MR) is 39.0 cm³/mol. The van der Waals surface area contributed by atoms with Gasteiger partial charge in [-0.3, -0.25) is 4.79 Å². The van der Waals surface area contributed by atoms with Crippen molar-refractivity contribution in [2.45, 2.75) is 0 Å². The van der Waals surface area contributed by atoms with Crippen molar-refractivity contribution in [3.8, 4) is 0 Å². The molecule has 0 aromatic rings. The minimum Gasteiger partial charge on any atom is -0.456 e. The molecule has 2 rings (SSSR count). The number of carbonyl (C=O) groups is 2. The van der Waals surface area contributed by atoms with Gasteiger partial charge in [0.15, 0.2) is 0 Å². The van der Waals surface area contributed by atoms with Crippen LogP contribution in [0.2, 0.25) is 0 Å². The first-order valence-electron chi connectivity index (χ1n) is 3.10. The Kier molecular flexibility index (Phi) is 1.38. The molecule has 0 saturated heterocycles. The van der Waals surface area contributed by atoms with Crippen LogP contribution in [-0.4, -0.2) is 23.6 Å². The summed E-state index contributed by atoms with van der Waals surface area (Å²) in [7, 11) is 0. The fraction of sp³-hybridized carbons (Fsp3) is 0.333. The van der Waals surface area contributed by atoms with Crippen LogP contribution in [0.5, 0.6) is 0 Å². The van der Waals surface area contributed by atoms with Gasteiger partial charge in [0.1, 0.15) is 12.3 Å². The molecule has 2 aliphatic heterocycles. The number of amides is 1. The molecule has 0 bridgehead atoms. The number of rotatable bonds is 0. The lowest BCUT2D eigenvalue weighted by Crippen LogP contribution is -2.26. The fourth-order valence-corrected chi connectivity index (χ4v) is 1.69. The molecule has 0 spiro atoms. The van der Waals surface area contributed by atoms with E-state index in [0.717, 1.165) is 17.3 Å². The van der Waals surface area contributed by atoms with Crippen LogP contribution in [0.1, 0.15) is 0 Å². The van der Waals surface area contributed by atoms with Gasteiger partial charge in [0, 0.05) is 11.3 Å². The molecule has 2 heterocycles. The minimum atomic E-state index is -0.409. The molecule has 4 nitrogen and oxygen atoms in total. The third kappa shape index (κ3) is 1.01. The van der Waals surface area contributed by atoms with Gasteiger partial charge in [-0.15, -0.1) is 0 Å². The summed E-state index contributed by atoms with van der Waals surface area (Å²) >= 11 is 1.16. The summed E-state index contributed by atoms with van der Waals surface area (Å²) in [4.78, 5) is 21.6. The molecular formula is C6H5NO3S. The average molecular weight is 171 g/mol. The van der Waals surface area contributed by atoms with Crippen molar-refractivity contribution >= 4 is 23.0 Å². The highest BCUT2D eigenvalue weighted by Crippen LogP contribution is 2.23. The van der Waals surface area contributed by atoms with Crippen LogP contribution < -0.4 is 5.32 Å². The van der Waals surface area contributed by atoms with Crippen molar-refractivity contribution in [1.29, 1.82) is 0 Å². The van der Waals surface area contributed by atoms with Crippen molar-refractivity contribution in [3.05, 3.63) is 11.3 Å². The number of hydrogen-bond acceptors (Lipinski definition) is 4. The number of carbonyl (C=O) groups excluding carboxylic acids is 2. The molecular weight excluding hydrogens is 166 g/mol. The summed E-state index contributed by atoms with van der Waals surface area (Å²) in [6.45, 7) is 0.335. The van der Waals surface area contributed by atoms with Gasteiger partial charge in [0.2, 0.25) is 0 Å². The molecule has 2 aliphatic rings. The van der Waals surface area contributed by atoms with Gasteiger partial charge >= 0.3 is 5.97 Å². The SMILES string of the molecule is O=C1NC2=C(COC2=O)CS1. The van der Waals surface area contributed by atoms with Crippen molar-refractivity contribution in [2.24, 2.45) is 0 Å². The van der Waals surface area contributed by atoms with E-state index in [9.17, 15) is 9.59 Å². The lowest BCUT2D eigenvalue weighted by Gasteiger charge is -2.09. The molecule has 0 aromatic carbocycles. The Morgan fingerprint density at radius 2 is 2.27 bits per heavy atom. The summed E-state index contributed by atoms with van der Waals surface area (Å²) in [6.07, 6.45) is 0. The summed E-state index contributed by atoms with van der Waals surface area (Å²) in [6, 6.07) is 0. The van der Waals surface area contributed by atoms with E-state index in [0.29, 0.717) is 18.1 Å². The predicted octanol–water partition coefficient (Wildman–Crippen LogP) is 0.254. The van der Waals surface area contributed by atoms with Crippen LogP contribution in [0.25, 0.3) is 0 Å². The monoisotopic (exact) mass is 171 g/mol. The molecule has 0 aromatic heterocycles. The van der Waals surface area contributed by atoms with E-state index in [1.807, 2.05) is 0 Å². The number of hydrogen-bond donors (Lipinski definition) is 1. The smallest absolute Gasteiger partial charge is 0.355 e. The lowest BCUT2D eigenvalue weighted by molar-refractivity contribution is -0.136. The zero-order chi connectivity index (χ0) is 7.84. The standard InChI is InChI=1S/C6H5NO3S/c8-5-4-3(1-10-5)2-11-6(9)7-4/h1-2H2,(H,7,9). The molecule has 0 radical (unpaired) electrons. The van der Waals surface area contributed by atoms with Crippen LogP contribution in [0.3, 0.4) is 0 Å². The normalized spacial score (nSPS) is 22.9. The third-order valence-corrected chi connectivity index (χ3v) is 2.40. The minimum absolute atomic E-state index is 0.178. The molecule has 0 atom stereocenters. The van der Waals surface area contributed by atoms with E-state index in [-0.39, 0.29) is 5.24 Å². The Hall–Kier alpha value is -0.970. The van der Waals surface area contributed by atoms with Gasteiger partial charge in [-0.2, -0.15) is 0 Å². The average Bonchev–Trinajstić information content (AvgIpc) is 2.33. The molecule has 5 heteroatoms. The van der Waals surface area contributed by atoms with Gasteiger partial charge < -0.3 is 10.1 Å². The number of cyclic esters (lactones) is 1. The van der Waals surface area contributed by atoms with E-state index in [2.05, 4.69) is 5.32 Å². The van der Waals surface area contributed by atoms with Gasteiger partial charge in [-0.1, -0.05) is 11.8 Å². The fourth-order valence-electron chi connectivity index (χ4n) is 0.985. The Morgan fingerprint density at radius 1 is 1.45 bits per heavy atom. The number of nitrogens with one attached hydrogen (secondary N) is 1. The summed E-state index contributed by atoms with van der Waals surface area (Å²) < 4.78 is 4.71. The van der Waals surface area contributed by atoms with Gasteiger partial charge in [0.25, 0.3) is 5.24 Å². The maximum absolute atomic E-state index is 10.9. The molecule has 11 heavy (non-hydrogen) atoms. The summed E-state index contributed by atoms with van der Waals surface area (Å²) in [5.41, 5.74) is 1.24. The Labute approximate surface area is 67.0 Å². The molecule has 1 amide bonds. The van der Waals surface area contributed by atoms with Crippen LogP contribution in [-0.2, 0) is 9.53 Å². The second-order valence-electron chi connectivity index (χ2n) is 2.26. The van der Waals surface area contributed by atoms with E-state index >= 15 is 0 Å². The van der Waals surface area contributed by atoms with Crippen molar-refractivity contribution in [2.75, 3.05) is 12.4 Å². The molecule has 0 aliphatic carbocycles. The van der Waals surface area contributed by atoms with E-state index in [1.165, 1.54) is 0 Å².